The molecule has 384 valence electrons. The van der Waals surface area contributed by atoms with Crippen molar-refractivity contribution >= 4 is 64.4 Å². The average Bonchev–Trinajstić information content (AvgIpc) is 3.35. The van der Waals surface area contributed by atoms with Gasteiger partial charge in [-0.3, -0.25) is 0 Å². The Morgan fingerprint density at radius 2 is 0.694 bits per heavy atom. The molecule has 0 aliphatic rings. The molecule has 0 unspecified atom stereocenters. The Hall–Kier alpha value is -5.46. The Morgan fingerprint density at radius 3 is 1.10 bits per heavy atom. The molecular weight excluding hydrogens is 973 g/mol. The van der Waals surface area contributed by atoms with Gasteiger partial charge in [0.15, 0.2) is 15.2 Å². The van der Waals surface area contributed by atoms with Crippen molar-refractivity contribution < 1.29 is 33.2 Å². The van der Waals surface area contributed by atoms with E-state index in [1.54, 1.807) is 0 Å². The third-order valence-electron chi connectivity index (χ3n) is 12.2. The molecule has 6 aromatic rings. The minimum atomic E-state index is 0.362. The van der Waals surface area contributed by atoms with Crippen molar-refractivity contribution in [2.45, 2.75) is 142 Å². The molecule has 7 nitrogen and oxygen atoms in total. The number of thiocarbonyl (C=S) groups is 3. The Bertz CT molecular complexity index is 2820. The molecule has 0 atom stereocenters. The van der Waals surface area contributed by atoms with Gasteiger partial charge in [0.25, 0.3) is 0 Å². The van der Waals surface area contributed by atoms with Crippen molar-refractivity contribution in [3.8, 4) is 40.2 Å². The van der Waals surface area contributed by atoms with Crippen LogP contribution in [0.3, 0.4) is 0 Å². The fraction of sp³-hybridized carbons (Fsp3) is 0.361. The number of aryl methyl sites for hydroxylation is 10. The summed E-state index contributed by atoms with van der Waals surface area (Å²) in [5.74, 6) is 6.32. The van der Waals surface area contributed by atoms with Crippen molar-refractivity contribution in [3.05, 3.63) is 169 Å². The molecule has 0 N–H and O–H groups in total. The summed E-state index contributed by atoms with van der Waals surface area (Å²) in [6.07, 6.45) is 2.11. The minimum absolute atomic E-state index is 0.362. The number of hydrogen-bond donors (Lipinski definition) is 1. The van der Waals surface area contributed by atoms with Crippen molar-refractivity contribution in [1.82, 2.24) is 0 Å². The minimum Gasteiger partial charge on any atom is -0.493 e. The van der Waals surface area contributed by atoms with Crippen LogP contribution in [0.2, 0.25) is 0 Å². The van der Waals surface area contributed by atoms with Crippen LogP contribution in [0.4, 0.5) is 0 Å². The maximum atomic E-state index is 6.10. The van der Waals surface area contributed by atoms with Gasteiger partial charge in [0.05, 0.1) is 12.2 Å². The summed E-state index contributed by atoms with van der Waals surface area (Å²) >= 11 is 20.1. The first kappa shape index (κ1) is 59.1. The van der Waals surface area contributed by atoms with Crippen LogP contribution in [0, 0.1) is 69.2 Å². The summed E-state index contributed by atoms with van der Waals surface area (Å²) in [5.41, 5.74) is 16.0. The number of hydrogen-bond acceptors (Lipinski definition) is 11. The zero-order chi connectivity index (χ0) is 53.1. The van der Waals surface area contributed by atoms with E-state index in [-0.39, 0.29) is 0 Å². The molecule has 0 spiro atoms. The van der Waals surface area contributed by atoms with Crippen LogP contribution in [0.15, 0.2) is 91.0 Å². The molecule has 0 saturated carbocycles. The van der Waals surface area contributed by atoms with Gasteiger partial charge in [-0.1, -0.05) is 69.3 Å². The lowest BCUT2D eigenvalue weighted by Gasteiger charge is -2.17. The Morgan fingerprint density at radius 1 is 0.361 bits per heavy atom. The Kier molecular flexibility index (Phi) is 24.0. The highest BCUT2D eigenvalue weighted by atomic mass is 32.1. The van der Waals surface area contributed by atoms with Gasteiger partial charge in [0.1, 0.15) is 60.1 Å². The maximum absolute atomic E-state index is 6.10. The molecular formula is C61H74O7S4. The quantitative estimate of drug-likeness (QED) is 0.0665. The molecule has 0 amide bonds. The molecule has 0 saturated heterocycles. The number of thiol groups is 1. The summed E-state index contributed by atoms with van der Waals surface area (Å²) in [7, 11) is 0. The van der Waals surface area contributed by atoms with Crippen LogP contribution in [-0.4, -0.2) is 21.8 Å². The summed E-state index contributed by atoms with van der Waals surface area (Å²) in [5, 5.41) is 1.73. The van der Waals surface area contributed by atoms with E-state index in [1.165, 1.54) is 33.4 Å². The van der Waals surface area contributed by atoms with E-state index < -0.39 is 0 Å². The third-order valence-corrected chi connectivity index (χ3v) is 13.6. The predicted octanol–water partition coefficient (Wildman–Crippen LogP) is 17.1. The van der Waals surface area contributed by atoms with E-state index in [2.05, 4.69) is 124 Å². The van der Waals surface area contributed by atoms with Crippen LogP contribution < -0.4 is 33.2 Å². The first-order chi connectivity index (χ1) is 34.3. The summed E-state index contributed by atoms with van der Waals surface area (Å²) < 4.78 is 41.4. The van der Waals surface area contributed by atoms with Crippen molar-refractivity contribution in [2.75, 3.05) is 6.61 Å². The smallest absolute Gasteiger partial charge is 0.167 e. The molecule has 0 aromatic heterocycles. The van der Waals surface area contributed by atoms with Gasteiger partial charge >= 0.3 is 0 Å². The van der Waals surface area contributed by atoms with E-state index in [0.29, 0.717) is 65.9 Å². The molecule has 0 aliphatic heterocycles. The first-order valence-corrected chi connectivity index (χ1v) is 26.5. The van der Waals surface area contributed by atoms with Gasteiger partial charge in [-0.05, 0) is 216 Å². The standard InChI is InChI=1S/C21H26O3S.C20H24O2S2.C20H24O2S/c1-6-21(25)24-19-10-8-9-18(22-7-2)17(19)13-23-20-12-15(4)14(3)11-16(20)5;1-5-20(24)22-18-8-6-7-16(12-23)17(18)11-21-19-10-14(3)13(2)9-15(19)4;1-6-20(23)22-18-9-7-8-13(2)17(18)12-21-19-11-15(4)14(3)10-16(19)5/h8-12H,6-7,13H2,1-5H3;6-10,23H,5,11-12H2,1-4H3;7-11H,6,12H2,1-5H3. The lowest BCUT2D eigenvalue weighted by molar-refractivity contribution is 0.280. The number of ether oxygens (including phenoxy) is 7. The predicted molar refractivity (Wildman–Crippen MR) is 313 cm³/mol. The molecule has 0 fully saturated rings. The van der Waals surface area contributed by atoms with Crippen molar-refractivity contribution in [2.24, 2.45) is 0 Å². The fourth-order valence-corrected chi connectivity index (χ4v) is 7.92. The Balaban J connectivity index is 0.000000235. The highest BCUT2D eigenvalue weighted by Crippen LogP contribution is 2.33. The van der Waals surface area contributed by atoms with Crippen LogP contribution in [0.25, 0.3) is 0 Å². The van der Waals surface area contributed by atoms with Gasteiger partial charge in [-0.2, -0.15) is 12.6 Å². The average molecular weight is 1050 g/mol. The van der Waals surface area contributed by atoms with Gasteiger partial charge in [0.2, 0.25) is 0 Å². The zero-order valence-electron chi connectivity index (χ0n) is 44.8. The van der Waals surface area contributed by atoms with Crippen LogP contribution in [0.5, 0.6) is 40.2 Å². The molecule has 11 heteroatoms. The SMILES string of the molecule is CCC(=S)Oc1cccc(C)c1COc1cc(C)c(C)cc1C.CCC(=S)Oc1cccc(CS)c1COc1cc(C)c(C)cc1C.CCOc1cccc(OC(=S)CC)c1COc1cc(C)c(C)cc1C. The monoisotopic (exact) mass is 1050 g/mol. The topological polar surface area (TPSA) is 64.6 Å². The summed E-state index contributed by atoms with van der Waals surface area (Å²) in [6, 6.07) is 30.4. The highest BCUT2D eigenvalue weighted by molar-refractivity contribution is 7.80. The van der Waals surface area contributed by atoms with Gasteiger partial charge < -0.3 is 33.2 Å². The second-order valence-corrected chi connectivity index (χ2v) is 19.4. The third kappa shape index (κ3) is 17.4. The number of benzene rings is 6. The van der Waals surface area contributed by atoms with Crippen LogP contribution in [-0.2, 0) is 25.6 Å². The van der Waals surface area contributed by atoms with E-state index >= 15 is 0 Å². The van der Waals surface area contributed by atoms with Crippen LogP contribution >= 0.6 is 49.3 Å². The van der Waals surface area contributed by atoms with E-state index in [1.807, 2.05) is 76.2 Å². The van der Waals surface area contributed by atoms with Crippen molar-refractivity contribution in [1.29, 1.82) is 0 Å². The largest absolute Gasteiger partial charge is 0.493 e. The van der Waals surface area contributed by atoms with Gasteiger partial charge in [-0.25, -0.2) is 0 Å². The molecule has 0 heterocycles. The number of rotatable bonds is 18. The van der Waals surface area contributed by atoms with Crippen molar-refractivity contribution in [3.63, 3.8) is 0 Å². The van der Waals surface area contributed by atoms with Gasteiger partial charge in [-0.15, -0.1) is 0 Å². The maximum Gasteiger partial charge on any atom is 0.167 e. The lowest BCUT2D eigenvalue weighted by Crippen LogP contribution is -2.09. The fourth-order valence-electron chi connectivity index (χ4n) is 7.35. The zero-order valence-corrected chi connectivity index (χ0v) is 48.2. The van der Waals surface area contributed by atoms with Crippen LogP contribution in [0.1, 0.15) is 125 Å². The normalized spacial score (nSPS) is 10.5. The summed E-state index contributed by atoms with van der Waals surface area (Å²) in [6.45, 7) is 30.6. The Labute approximate surface area is 452 Å². The van der Waals surface area contributed by atoms with E-state index in [9.17, 15) is 0 Å². The molecule has 0 bridgehead atoms. The highest BCUT2D eigenvalue weighted by Gasteiger charge is 2.16. The molecule has 72 heavy (non-hydrogen) atoms. The van der Waals surface area contributed by atoms with E-state index in [4.69, 9.17) is 69.8 Å². The lowest BCUT2D eigenvalue weighted by atomic mass is 10.1. The molecule has 6 aromatic carbocycles. The van der Waals surface area contributed by atoms with Gasteiger partial charge in [0, 0.05) is 36.1 Å². The first-order valence-electron chi connectivity index (χ1n) is 24.6. The van der Waals surface area contributed by atoms with E-state index in [0.717, 1.165) is 85.4 Å². The molecule has 0 radical (unpaired) electrons. The molecule has 0 aliphatic carbocycles. The molecule has 6 rings (SSSR count). The second kappa shape index (κ2) is 29.3. The second-order valence-electron chi connectivity index (χ2n) is 17.7. The summed E-state index contributed by atoms with van der Waals surface area (Å²) in [4.78, 5) is 0.